The lowest BCUT2D eigenvalue weighted by atomic mass is 9.78. The Labute approximate surface area is 101 Å². The van der Waals surface area contributed by atoms with Gasteiger partial charge in [-0.1, -0.05) is 12.2 Å². The maximum atomic E-state index is 11.6. The highest BCUT2D eigenvalue weighted by atomic mass is 16.5. The standard InChI is InChI=1S/C12H17NO4/c1-12(2,10(14)16-3)9-5-7-13(8-6-9)11(15)17-4/h5-9H,1-4H3. The zero-order chi connectivity index (χ0) is 13.1. The molecule has 0 aliphatic carbocycles. The molecular weight excluding hydrogens is 222 g/mol. The first kappa shape index (κ1) is 13.3. The third-order valence-corrected chi connectivity index (χ3v) is 2.84. The van der Waals surface area contributed by atoms with Crippen LogP contribution >= 0.6 is 0 Å². The van der Waals surface area contributed by atoms with Crippen molar-refractivity contribution in [2.75, 3.05) is 14.2 Å². The Morgan fingerprint density at radius 3 is 2.06 bits per heavy atom. The Balaban J connectivity index is 2.78. The van der Waals surface area contributed by atoms with Crippen molar-refractivity contribution in [2.45, 2.75) is 13.8 Å². The third-order valence-electron chi connectivity index (χ3n) is 2.84. The molecule has 94 valence electrons. The molecule has 0 bridgehead atoms. The van der Waals surface area contributed by atoms with Crippen LogP contribution in [-0.2, 0) is 14.3 Å². The number of hydrogen-bond donors (Lipinski definition) is 0. The lowest BCUT2D eigenvalue weighted by molar-refractivity contribution is -0.152. The second-order valence-corrected chi connectivity index (χ2v) is 4.30. The normalized spacial score (nSPS) is 15.9. The molecule has 0 fully saturated rings. The Bertz CT molecular complexity index is 357. The highest BCUT2D eigenvalue weighted by Crippen LogP contribution is 2.32. The van der Waals surface area contributed by atoms with E-state index in [1.807, 2.05) is 0 Å². The topological polar surface area (TPSA) is 55.8 Å². The van der Waals surface area contributed by atoms with Gasteiger partial charge >= 0.3 is 12.1 Å². The summed E-state index contributed by atoms with van der Waals surface area (Å²) in [4.78, 5) is 24.1. The molecule has 1 heterocycles. The number of ether oxygens (including phenoxy) is 2. The largest absolute Gasteiger partial charge is 0.469 e. The van der Waals surface area contributed by atoms with Crippen LogP contribution in [0.1, 0.15) is 13.8 Å². The van der Waals surface area contributed by atoms with Crippen molar-refractivity contribution in [2.24, 2.45) is 11.3 Å². The van der Waals surface area contributed by atoms with Gasteiger partial charge in [0.1, 0.15) is 0 Å². The molecule has 1 aliphatic heterocycles. The Morgan fingerprint density at radius 2 is 1.65 bits per heavy atom. The highest BCUT2D eigenvalue weighted by molar-refractivity contribution is 5.77. The van der Waals surface area contributed by atoms with Gasteiger partial charge in [0.25, 0.3) is 0 Å². The van der Waals surface area contributed by atoms with E-state index in [0.29, 0.717) is 0 Å². The quantitative estimate of drug-likeness (QED) is 0.691. The van der Waals surface area contributed by atoms with Crippen LogP contribution in [0, 0.1) is 11.3 Å². The molecule has 0 aromatic carbocycles. The SMILES string of the molecule is COC(=O)N1C=CC(C(C)(C)C(=O)OC)C=C1. The molecule has 0 spiro atoms. The Morgan fingerprint density at radius 1 is 1.12 bits per heavy atom. The van der Waals surface area contributed by atoms with Gasteiger partial charge in [0, 0.05) is 18.3 Å². The fourth-order valence-corrected chi connectivity index (χ4v) is 1.59. The summed E-state index contributed by atoms with van der Waals surface area (Å²) in [6.07, 6.45) is 6.25. The molecular formula is C12H17NO4. The molecule has 0 atom stereocenters. The van der Waals surface area contributed by atoms with Crippen molar-refractivity contribution in [1.29, 1.82) is 0 Å². The minimum Gasteiger partial charge on any atom is -0.469 e. The first-order chi connectivity index (χ1) is 7.93. The lowest BCUT2D eigenvalue weighted by Crippen LogP contribution is -2.34. The monoisotopic (exact) mass is 239 g/mol. The fourth-order valence-electron chi connectivity index (χ4n) is 1.59. The first-order valence-electron chi connectivity index (χ1n) is 5.25. The number of esters is 1. The van der Waals surface area contributed by atoms with Crippen LogP contribution in [0.4, 0.5) is 4.79 Å². The molecule has 5 heteroatoms. The highest BCUT2D eigenvalue weighted by Gasteiger charge is 2.36. The van der Waals surface area contributed by atoms with Crippen molar-refractivity contribution in [3.05, 3.63) is 24.6 Å². The van der Waals surface area contributed by atoms with Gasteiger partial charge in [0.15, 0.2) is 0 Å². The molecule has 5 nitrogen and oxygen atoms in total. The third kappa shape index (κ3) is 2.67. The molecule has 0 N–H and O–H groups in total. The van der Waals surface area contributed by atoms with Crippen molar-refractivity contribution in [1.82, 2.24) is 4.90 Å². The lowest BCUT2D eigenvalue weighted by Gasteiger charge is -2.30. The van der Waals surface area contributed by atoms with Gasteiger partial charge in [0.2, 0.25) is 0 Å². The molecule has 1 amide bonds. The fraction of sp³-hybridized carbons (Fsp3) is 0.500. The van der Waals surface area contributed by atoms with Crippen molar-refractivity contribution >= 4 is 12.1 Å². The van der Waals surface area contributed by atoms with E-state index in [1.54, 1.807) is 38.4 Å². The van der Waals surface area contributed by atoms with Gasteiger partial charge in [-0.05, 0) is 13.8 Å². The smallest absolute Gasteiger partial charge is 0.417 e. The molecule has 1 rings (SSSR count). The number of carbonyl (C=O) groups excluding carboxylic acids is 2. The van der Waals surface area contributed by atoms with Gasteiger partial charge in [-0.25, -0.2) is 4.79 Å². The zero-order valence-corrected chi connectivity index (χ0v) is 10.5. The molecule has 0 aromatic rings. The Kier molecular flexibility index (Phi) is 3.93. The van der Waals surface area contributed by atoms with E-state index in [9.17, 15) is 9.59 Å². The van der Waals surface area contributed by atoms with Crippen LogP contribution in [0.15, 0.2) is 24.6 Å². The second-order valence-electron chi connectivity index (χ2n) is 4.30. The molecule has 17 heavy (non-hydrogen) atoms. The number of amides is 1. The van der Waals surface area contributed by atoms with Gasteiger partial charge in [-0.15, -0.1) is 0 Å². The van der Waals surface area contributed by atoms with Gasteiger partial charge in [0.05, 0.1) is 19.6 Å². The predicted molar refractivity (Wildman–Crippen MR) is 61.8 cm³/mol. The van der Waals surface area contributed by atoms with Crippen LogP contribution in [0.5, 0.6) is 0 Å². The number of allylic oxidation sites excluding steroid dienone is 2. The molecule has 0 aromatic heterocycles. The first-order valence-corrected chi connectivity index (χ1v) is 5.25. The van der Waals surface area contributed by atoms with E-state index in [1.165, 1.54) is 19.1 Å². The van der Waals surface area contributed by atoms with Crippen LogP contribution < -0.4 is 0 Å². The minimum atomic E-state index is -0.663. The predicted octanol–water partition coefficient (Wildman–Crippen LogP) is 1.91. The summed E-state index contributed by atoms with van der Waals surface area (Å²) in [5.74, 6) is -0.404. The van der Waals surface area contributed by atoms with Gasteiger partial charge in [-0.2, -0.15) is 0 Å². The van der Waals surface area contributed by atoms with Crippen molar-refractivity contribution in [3.63, 3.8) is 0 Å². The van der Waals surface area contributed by atoms with E-state index in [2.05, 4.69) is 4.74 Å². The number of carbonyl (C=O) groups is 2. The summed E-state index contributed by atoms with van der Waals surface area (Å²) in [5.41, 5.74) is -0.663. The maximum Gasteiger partial charge on any atom is 0.417 e. The van der Waals surface area contributed by atoms with E-state index in [-0.39, 0.29) is 11.9 Å². The summed E-state index contributed by atoms with van der Waals surface area (Å²) >= 11 is 0. The maximum absolute atomic E-state index is 11.6. The van der Waals surface area contributed by atoms with Crippen LogP contribution in [-0.4, -0.2) is 31.2 Å². The van der Waals surface area contributed by atoms with E-state index < -0.39 is 11.5 Å². The van der Waals surface area contributed by atoms with E-state index in [4.69, 9.17) is 4.74 Å². The number of rotatable bonds is 2. The van der Waals surface area contributed by atoms with E-state index >= 15 is 0 Å². The second kappa shape index (κ2) is 5.03. The molecule has 0 unspecified atom stereocenters. The summed E-state index contributed by atoms with van der Waals surface area (Å²) < 4.78 is 9.32. The minimum absolute atomic E-state index is 0.115. The summed E-state index contributed by atoms with van der Waals surface area (Å²) in [5, 5.41) is 0. The van der Waals surface area contributed by atoms with Crippen LogP contribution in [0.2, 0.25) is 0 Å². The van der Waals surface area contributed by atoms with Crippen molar-refractivity contribution < 1.29 is 19.1 Å². The van der Waals surface area contributed by atoms with Crippen LogP contribution in [0.3, 0.4) is 0 Å². The number of nitrogens with zero attached hydrogens (tertiary/aromatic N) is 1. The number of hydrogen-bond acceptors (Lipinski definition) is 4. The summed E-state index contributed by atoms with van der Waals surface area (Å²) in [6.45, 7) is 3.60. The zero-order valence-electron chi connectivity index (χ0n) is 10.5. The van der Waals surface area contributed by atoms with Crippen molar-refractivity contribution in [3.8, 4) is 0 Å². The Hall–Kier alpha value is -1.78. The molecule has 0 saturated carbocycles. The average molecular weight is 239 g/mol. The van der Waals surface area contributed by atoms with Crippen LogP contribution in [0.25, 0.3) is 0 Å². The summed E-state index contributed by atoms with van der Waals surface area (Å²) in [7, 11) is 2.68. The molecule has 0 saturated heterocycles. The molecule has 0 radical (unpaired) electrons. The average Bonchev–Trinajstić information content (AvgIpc) is 2.36. The van der Waals surface area contributed by atoms with E-state index in [0.717, 1.165) is 0 Å². The van der Waals surface area contributed by atoms with Gasteiger partial charge in [-0.3, -0.25) is 9.69 Å². The number of methoxy groups -OCH3 is 2. The summed E-state index contributed by atoms with van der Waals surface area (Å²) in [6, 6.07) is 0. The van der Waals surface area contributed by atoms with Gasteiger partial charge < -0.3 is 9.47 Å². The molecule has 1 aliphatic rings.